The summed E-state index contributed by atoms with van der Waals surface area (Å²) >= 11 is 0. The number of hydroxylamine groups is 1. The van der Waals surface area contributed by atoms with Gasteiger partial charge in [-0.3, -0.25) is 9.63 Å². The van der Waals surface area contributed by atoms with Gasteiger partial charge in [-0.25, -0.2) is 5.06 Å². The number of anilines is 1. The van der Waals surface area contributed by atoms with Crippen molar-refractivity contribution in [3.05, 3.63) is 66.4 Å². The van der Waals surface area contributed by atoms with E-state index >= 15 is 0 Å². The lowest BCUT2D eigenvalue weighted by Crippen LogP contribution is -2.38. The van der Waals surface area contributed by atoms with Gasteiger partial charge in [0.15, 0.2) is 0 Å². The number of aromatic nitrogens is 1. The molecule has 2 atom stereocenters. The number of carbonyl (C=O) groups is 1. The first-order chi connectivity index (χ1) is 12.1. The Balaban J connectivity index is 1.89. The van der Waals surface area contributed by atoms with Crippen LogP contribution in [0.2, 0.25) is 0 Å². The SMILES string of the molecule is COC(=O)[C@]1(C)CON(c2ccccc2)[C@H]1c1c[nH]c2ccccc12. The molecule has 1 aliphatic heterocycles. The summed E-state index contributed by atoms with van der Waals surface area (Å²) in [6.07, 6.45) is 1.96. The number of carbonyl (C=O) groups excluding carboxylic acids is 1. The van der Waals surface area contributed by atoms with E-state index in [9.17, 15) is 4.79 Å². The number of aromatic amines is 1. The molecule has 2 aromatic carbocycles. The van der Waals surface area contributed by atoms with E-state index in [-0.39, 0.29) is 18.6 Å². The van der Waals surface area contributed by atoms with E-state index in [0.717, 1.165) is 22.2 Å². The van der Waals surface area contributed by atoms with Crippen LogP contribution in [0.25, 0.3) is 10.9 Å². The van der Waals surface area contributed by atoms with Gasteiger partial charge in [-0.05, 0) is 25.1 Å². The summed E-state index contributed by atoms with van der Waals surface area (Å²) < 4.78 is 5.11. The number of fused-ring (bicyclic) bond motifs is 1. The molecule has 1 saturated heterocycles. The quantitative estimate of drug-likeness (QED) is 0.738. The van der Waals surface area contributed by atoms with Crippen molar-refractivity contribution in [2.45, 2.75) is 13.0 Å². The van der Waals surface area contributed by atoms with Crippen LogP contribution in [0.4, 0.5) is 5.69 Å². The molecule has 2 heterocycles. The molecule has 5 heteroatoms. The van der Waals surface area contributed by atoms with Crippen LogP contribution in [0.1, 0.15) is 18.5 Å². The minimum atomic E-state index is -0.810. The maximum atomic E-state index is 12.6. The summed E-state index contributed by atoms with van der Waals surface area (Å²) in [6.45, 7) is 2.16. The fourth-order valence-corrected chi connectivity index (χ4v) is 3.61. The number of rotatable bonds is 3. The van der Waals surface area contributed by atoms with Crippen molar-refractivity contribution in [3.8, 4) is 0 Å². The van der Waals surface area contributed by atoms with E-state index in [1.807, 2.05) is 66.7 Å². The molecule has 1 aliphatic rings. The van der Waals surface area contributed by atoms with Crippen molar-refractivity contribution in [2.24, 2.45) is 5.41 Å². The number of hydrogen-bond donors (Lipinski definition) is 1. The van der Waals surface area contributed by atoms with E-state index in [2.05, 4.69) is 11.1 Å². The minimum absolute atomic E-state index is 0.263. The Morgan fingerprint density at radius 3 is 2.68 bits per heavy atom. The normalized spacial score (nSPS) is 23.1. The number of nitrogens with one attached hydrogen (secondary N) is 1. The Kier molecular flexibility index (Phi) is 3.73. The van der Waals surface area contributed by atoms with Gasteiger partial charge in [-0.2, -0.15) is 0 Å². The molecule has 0 radical (unpaired) electrons. The topological polar surface area (TPSA) is 54.6 Å². The zero-order valence-corrected chi connectivity index (χ0v) is 14.2. The molecule has 0 aliphatic carbocycles. The second-order valence-electron chi connectivity index (χ2n) is 6.54. The number of H-pyrrole nitrogens is 1. The number of nitrogens with zero attached hydrogens (tertiary/aromatic N) is 1. The molecule has 1 fully saturated rings. The number of benzene rings is 2. The van der Waals surface area contributed by atoms with Gasteiger partial charge >= 0.3 is 5.97 Å². The van der Waals surface area contributed by atoms with E-state index in [1.165, 1.54) is 7.11 Å². The highest BCUT2D eigenvalue weighted by atomic mass is 16.7. The van der Waals surface area contributed by atoms with Crippen molar-refractivity contribution in [2.75, 3.05) is 18.8 Å². The van der Waals surface area contributed by atoms with Crippen LogP contribution >= 0.6 is 0 Å². The third kappa shape index (κ3) is 2.39. The molecule has 128 valence electrons. The second kappa shape index (κ2) is 5.93. The molecule has 0 unspecified atom stereocenters. The standard InChI is InChI=1S/C20H20N2O3/c1-20(19(23)24-2)13-25-22(14-8-4-3-5-9-14)18(20)16-12-21-17-11-7-6-10-15(16)17/h3-12,18,21H,13H2,1-2H3/t18-,20+/m0/s1. The monoisotopic (exact) mass is 336 g/mol. The number of ether oxygens (including phenoxy) is 1. The Labute approximate surface area is 146 Å². The lowest BCUT2D eigenvalue weighted by Gasteiger charge is -2.31. The van der Waals surface area contributed by atoms with E-state index < -0.39 is 5.41 Å². The zero-order valence-electron chi connectivity index (χ0n) is 14.2. The summed E-state index contributed by atoms with van der Waals surface area (Å²) in [5.74, 6) is -0.277. The lowest BCUT2D eigenvalue weighted by atomic mass is 9.79. The molecule has 1 N–H and O–H groups in total. The third-order valence-corrected chi connectivity index (χ3v) is 4.92. The molecule has 5 nitrogen and oxygen atoms in total. The Morgan fingerprint density at radius 2 is 1.92 bits per heavy atom. The van der Waals surface area contributed by atoms with Crippen LogP contribution < -0.4 is 5.06 Å². The number of esters is 1. The van der Waals surface area contributed by atoms with Gasteiger partial charge in [0, 0.05) is 22.7 Å². The molecule has 3 aromatic rings. The highest BCUT2D eigenvalue weighted by Crippen LogP contribution is 2.49. The average Bonchev–Trinajstić information content (AvgIpc) is 3.23. The van der Waals surface area contributed by atoms with Crippen molar-refractivity contribution in [3.63, 3.8) is 0 Å². The van der Waals surface area contributed by atoms with Crippen molar-refractivity contribution < 1.29 is 14.4 Å². The fraction of sp³-hybridized carbons (Fsp3) is 0.250. The highest BCUT2D eigenvalue weighted by Gasteiger charge is 2.53. The predicted molar refractivity (Wildman–Crippen MR) is 96.0 cm³/mol. The summed E-state index contributed by atoms with van der Waals surface area (Å²) in [7, 11) is 1.42. The molecule has 1 aromatic heterocycles. The van der Waals surface area contributed by atoms with Crippen molar-refractivity contribution in [1.82, 2.24) is 4.98 Å². The Morgan fingerprint density at radius 1 is 1.20 bits per heavy atom. The van der Waals surface area contributed by atoms with Gasteiger partial charge in [0.1, 0.15) is 11.5 Å². The average molecular weight is 336 g/mol. The first kappa shape index (κ1) is 15.7. The second-order valence-corrected chi connectivity index (χ2v) is 6.54. The number of para-hydroxylation sites is 2. The van der Waals surface area contributed by atoms with Gasteiger partial charge in [0.05, 0.1) is 19.4 Å². The van der Waals surface area contributed by atoms with E-state index in [0.29, 0.717) is 0 Å². The van der Waals surface area contributed by atoms with Crippen LogP contribution in [0.15, 0.2) is 60.8 Å². The van der Waals surface area contributed by atoms with E-state index in [4.69, 9.17) is 9.57 Å². The zero-order chi connectivity index (χ0) is 17.4. The van der Waals surface area contributed by atoms with Gasteiger partial charge in [0.25, 0.3) is 0 Å². The minimum Gasteiger partial charge on any atom is -0.468 e. The predicted octanol–water partition coefficient (Wildman–Crippen LogP) is 3.84. The molecule has 0 spiro atoms. The lowest BCUT2D eigenvalue weighted by molar-refractivity contribution is -0.152. The van der Waals surface area contributed by atoms with E-state index in [1.54, 1.807) is 0 Å². The van der Waals surface area contributed by atoms with Crippen LogP contribution in [0.3, 0.4) is 0 Å². The molecule has 0 saturated carbocycles. The van der Waals surface area contributed by atoms with Crippen LogP contribution in [0, 0.1) is 5.41 Å². The molecule has 4 rings (SSSR count). The van der Waals surface area contributed by atoms with Crippen LogP contribution in [0.5, 0.6) is 0 Å². The number of methoxy groups -OCH3 is 1. The van der Waals surface area contributed by atoms with Crippen LogP contribution in [-0.4, -0.2) is 24.7 Å². The van der Waals surface area contributed by atoms with Crippen molar-refractivity contribution >= 4 is 22.6 Å². The van der Waals surface area contributed by atoms with Gasteiger partial charge < -0.3 is 9.72 Å². The Hall–Kier alpha value is -2.79. The molecule has 0 amide bonds. The fourth-order valence-electron chi connectivity index (χ4n) is 3.61. The molecule has 0 bridgehead atoms. The first-order valence-electron chi connectivity index (χ1n) is 8.27. The van der Waals surface area contributed by atoms with Crippen LogP contribution in [-0.2, 0) is 14.4 Å². The highest BCUT2D eigenvalue weighted by molar-refractivity contribution is 5.87. The smallest absolute Gasteiger partial charge is 0.316 e. The summed E-state index contributed by atoms with van der Waals surface area (Å²) in [4.78, 5) is 21.9. The largest absolute Gasteiger partial charge is 0.468 e. The molecular weight excluding hydrogens is 316 g/mol. The number of hydrogen-bond acceptors (Lipinski definition) is 4. The van der Waals surface area contributed by atoms with Gasteiger partial charge in [0.2, 0.25) is 0 Å². The summed E-state index contributed by atoms with van der Waals surface area (Å²) in [5.41, 5.74) is 2.15. The maximum absolute atomic E-state index is 12.6. The molecular formula is C20H20N2O3. The summed E-state index contributed by atoms with van der Waals surface area (Å²) in [5, 5.41) is 2.90. The maximum Gasteiger partial charge on any atom is 0.316 e. The summed E-state index contributed by atoms with van der Waals surface area (Å²) in [6, 6.07) is 17.6. The van der Waals surface area contributed by atoms with Gasteiger partial charge in [-0.15, -0.1) is 0 Å². The Bertz CT molecular complexity index is 905. The first-order valence-corrected chi connectivity index (χ1v) is 8.27. The molecule has 25 heavy (non-hydrogen) atoms. The van der Waals surface area contributed by atoms with Gasteiger partial charge in [-0.1, -0.05) is 36.4 Å². The van der Waals surface area contributed by atoms with Crippen molar-refractivity contribution in [1.29, 1.82) is 0 Å². The third-order valence-electron chi connectivity index (χ3n) is 4.92.